The summed E-state index contributed by atoms with van der Waals surface area (Å²) in [6.45, 7) is 1.91. The highest BCUT2D eigenvalue weighted by atomic mass is 79.9. The maximum absolute atomic E-state index is 12.9. The predicted molar refractivity (Wildman–Crippen MR) is 109 cm³/mol. The molecule has 2 aliphatic rings. The molecule has 2 aromatic carbocycles. The van der Waals surface area contributed by atoms with Crippen molar-refractivity contribution in [3.8, 4) is 11.5 Å². The lowest BCUT2D eigenvalue weighted by atomic mass is 10.1. The van der Waals surface area contributed by atoms with Gasteiger partial charge >= 0.3 is 0 Å². The zero-order valence-electron chi connectivity index (χ0n) is 15.6. The van der Waals surface area contributed by atoms with E-state index in [-0.39, 0.29) is 24.2 Å². The first-order valence-electron chi connectivity index (χ1n) is 9.20. The number of amides is 2. The summed E-state index contributed by atoms with van der Waals surface area (Å²) < 4.78 is 12.1. The van der Waals surface area contributed by atoms with E-state index in [0.717, 1.165) is 15.7 Å². The van der Waals surface area contributed by atoms with E-state index in [4.69, 9.17) is 9.47 Å². The summed E-state index contributed by atoms with van der Waals surface area (Å²) in [6.07, 6.45) is 0.220. The van der Waals surface area contributed by atoms with Gasteiger partial charge in [-0.05, 0) is 29.8 Å². The lowest BCUT2D eigenvalue weighted by Crippen LogP contribution is -2.34. The molecule has 1 saturated heterocycles. The van der Waals surface area contributed by atoms with E-state index >= 15 is 0 Å². The molecule has 0 saturated carbocycles. The van der Waals surface area contributed by atoms with E-state index in [1.807, 2.05) is 42.5 Å². The Morgan fingerprint density at radius 3 is 2.61 bits per heavy atom. The van der Waals surface area contributed by atoms with Crippen LogP contribution < -0.4 is 14.4 Å². The molecule has 0 bridgehead atoms. The molecule has 0 unspecified atom stereocenters. The van der Waals surface area contributed by atoms with Gasteiger partial charge in [-0.1, -0.05) is 28.1 Å². The van der Waals surface area contributed by atoms with Crippen LogP contribution in [0.25, 0.3) is 0 Å². The highest BCUT2D eigenvalue weighted by Crippen LogP contribution is 2.36. The number of benzene rings is 2. The van der Waals surface area contributed by atoms with Crippen molar-refractivity contribution in [2.24, 2.45) is 5.92 Å². The average Bonchev–Trinajstić information content (AvgIpc) is 3.10. The third-order valence-electron chi connectivity index (χ3n) is 5.02. The van der Waals surface area contributed by atoms with Crippen LogP contribution in [0.15, 0.2) is 46.9 Å². The minimum Gasteiger partial charge on any atom is -0.486 e. The maximum atomic E-state index is 12.9. The molecule has 28 heavy (non-hydrogen) atoms. The molecule has 0 spiro atoms. The number of halogens is 1. The van der Waals surface area contributed by atoms with Crippen LogP contribution >= 0.6 is 15.9 Å². The molecule has 1 fully saturated rings. The van der Waals surface area contributed by atoms with Crippen molar-refractivity contribution in [3.63, 3.8) is 0 Å². The van der Waals surface area contributed by atoms with E-state index in [1.165, 1.54) is 0 Å². The van der Waals surface area contributed by atoms with E-state index in [9.17, 15) is 9.59 Å². The Hall–Kier alpha value is -2.54. The van der Waals surface area contributed by atoms with Crippen LogP contribution in [0.3, 0.4) is 0 Å². The van der Waals surface area contributed by atoms with E-state index in [1.54, 1.807) is 16.8 Å². The van der Waals surface area contributed by atoms with Crippen molar-refractivity contribution in [1.82, 2.24) is 4.90 Å². The Balaban J connectivity index is 1.43. The summed E-state index contributed by atoms with van der Waals surface area (Å²) in [7, 11) is 1.78. The minimum absolute atomic E-state index is 0.0173. The largest absolute Gasteiger partial charge is 0.486 e. The SMILES string of the molecule is CN(Cc1ccc(Br)cc1)C(=O)[C@H]1CC(=O)N(c2ccc3c(c2)OCCO3)C1. The smallest absolute Gasteiger partial charge is 0.228 e. The molecule has 7 heteroatoms. The van der Waals surface area contributed by atoms with Crippen LogP contribution in [-0.4, -0.2) is 43.5 Å². The third-order valence-corrected chi connectivity index (χ3v) is 5.55. The molecule has 2 aromatic rings. The van der Waals surface area contributed by atoms with Crippen LogP contribution in [-0.2, 0) is 16.1 Å². The highest BCUT2D eigenvalue weighted by Gasteiger charge is 2.36. The van der Waals surface area contributed by atoms with Gasteiger partial charge in [-0.25, -0.2) is 0 Å². The molecular weight excluding hydrogens is 424 g/mol. The van der Waals surface area contributed by atoms with Gasteiger partial charge in [0.25, 0.3) is 0 Å². The standard InChI is InChI=1S/C21H21BrN2O4/c1-23(12-14-2-4-16(22)5-3-14)21(26)15-10-20(25)24(13-15)17-6-7-18-19(11-17)28-9-8-27-18/h2-7,11,15H,8-10,12-13H2,1H3/t15-/m0/s1. The van der Waals surface area contributed by atoms with Gasteiger partial charge in [-0.2, -0.15) is 0 Å². The van der Waals surface area contributed by atoms with Crippen molar-refractivity contribution in [2.75, 3.05) is 31.7 Å². The zero-order valence-corrected chi connectivity index (χ0v) is 17.1. The Morgan fingerprint density at radius 2 is 1.86 bits per heavy atom. The van der Waals surface area contributed by atoms with Crippen LogP contribution in [0.2, 0.25) is 0 Å². The lowest BCUT2D eigenvalue weighted by Gasteiger charge is -2.23. The first-order chi connectivity index (χ1) is 13.5. The van der Waals surface area contributed by atoms with Gasteiger partial charge in [-0.15, -0.1) is 0 Å². The molecule has 6 nitrogen and oxygen atoms in total. The van der Waals surface area contributed by atoms with Crippen LogP contribution in [0, 0.1) is 5.92 Å². The fourth-order valence-electron chi connectivity index (χ4n) is 3.58. The second-order valence-electron chi connectivity index (χ2n) is 7.05. The number of anilines is 1. The minimum atomic E-state index is -0.346. The monoisotopic (exact) mass is 444 g/mol. The molecule has 2 aliphatic heterocycles. The number of hydrogen-bond donors (Lipinski definition) is 0. The van der Waals surface area contributed by atoms with Gasteiger partial charge in [0, 0.05) is 42.8 Å². The molecule has 0 N–H and O–H groups in total. The Morgan fingerprint density at radius 1 is 1.14 bits per heavy atom. The Labute approximate surface area is 172 Å². The van der Waals surface area contributed by atoms with Gasteiger partial charge in [-0.3, -0.25) is 9.59 Å². The van der Waals surface area contributed by atoms with E-state index in [2.05, 4.69) is 15.9 Å². The Bertz CT molecular complexity index is 900. The van der Waals surface area contributed by atoms with Crippen molar-refractivity contribution in [2.45, 2.75) is 13.0 Å². The number of ether oxygens (including phenoxy) is 2. The molecule has 0 aromatic heterocycles. The summed E-state index contributed by atoms with van der Waals surface area (Å²) in [5.41, 5.74) is 1.78. The summed E-state index contributed by atoms with van der Waals surface area (Å²) in [4.78, 5) is 28.8. The van der Waals surface area contributed by atoms with Crippen molar-refractivity contribution in [1.29, 1.82) is 0 Å². The number of hydrogen-bond acceptors (Lipinski definition) is 4. The van der Waals surface area contributed by atoms with Gasteiger partial charge in [0.05, 0.1) is 5.92 Å². The van der Waals surface area contributed by atoms with Crippen molar-refractivity contribution < 1.29 is 19.1 Å². The van der Waals surface area contributed by atoms with Crippen LogP contribution in [0.1, 0.15) is 12.0 Å². The topological polar surface area (TPSA) is 59.1 Å². The van der Waals surface area contributed by atoms with Crippen LogP contribution in [0.4, 0.5) is 5.69 Å². The predicted octanol–water partition coefficient (Wildman–Crippen LogP) is 3.23. The van der Waals surface area contributed by atoms with Gasteiger partial charge in [0.15, 0.2) is 11.5 Å². The van der Waals surface area contributed by atoms with Gasteiger partial charge < -0.3 is 19.3 Å². The second kappa shape index (κ2) is 7.83. The summed E-state index contributed by atoms with van der Waals surface area (Å²) >= 11 is 3.41. The quantitative estimate of drug-likeness (QED) is 0.726. The van der Waals surface area contributed by atoms with Gasteiger partial charge in [0.2, 0.25) is 11.8 Å². The number of nitrogens with zero attached hydrogens (tertiary/aromatic N) is 2. The highest BCUT2D eigenvalue weighted by molar-refractivity contribution is 9.10. The molecular formula is C21H21BrN2O4. The number of fused-ring (bicyclic) bond motifs is 1. The maximum Gasteiger partial charge on any atom is 0.228 e. The number of rotatable bonds is 4. The first-order valence-corrected chi connectivity index (χ1v) is 10.00. The normalized spacial score (nSPS) is 18.3. The molecule has 0 radical (unpaired) electrons. The Kier molecular flexibility index (Phi) is 5.26. The molecule has 0 aliphatic carbocycles. The zero-order chi connectivity index (χ0) is 19.7. The number of carbonyl (C=O) groups is 2. The second-order valence-corrected chi connectivity index (χ2v) is 7.97. The van der Waals surface area contributed by atoms with E-state index in [0.29, 0.717) is 37.8 Å². The molecule has 2 amide bonds. The summed E-state index contributed by atoms with van der Waals surface area (Å²) in [6, 6.07) is 13.3. The van der Waals surface area contributed by atoms with E-state index < -0.39 is 0 Å². The van der Waals surface area contributed by atoms with Crippen molar-refractivity contribution >= 4 is 33.4 Å². The third kappa shape index (κ3) is 3.85. The molecule has 2 heterocycles. The molecule has 1 atom stereocenters. The lowest BCUT2D eigenvalue weighted by molar-refractivity contribution is -0.135. The van der Waals surface area contributed by atoms with Crippen molar-refractivity contribution in [3.05, 3.63) is 52.5 Å². The average molecular weight is 445 g/mol. The summed E-state index contributed by atoms with van der Waals surface area (Å²) in [5, 5.41) is 0. The fourth-order valence-corrected chi connectivity index (χ4v) is 3.84. The van der Waals surface area contributed by atoms with Crippen LogP contribution in [0.5, 0.6) is 11.5 Å². The molecule has 4 rings (SSSR count). The number of carbonyl (C=O) groups excluding carboxylic acids is 2. The fraction of sp³-hybridized carbons (Fsp3) is 0.333. The summed E-state index contributed by atoms with van der Waals surface area (Å²) in [5.74, 6) is 0.909. The van der Waals surface area contributed by atoms with Gasteiger partial charge in [0.1, 0.15) is 13.2 Å². The molecule has 146 valence electrons. The first kappa shape index (κ1) is 18.8.